The highest BCUT2D eigenvalue weighted by molar-refractivity contribution is 5.95. The Balaban J connectivity index is 2.32. The van der Waals surface area contributed by atoms with Crippen LogP contribution in [0, 0.1) is 0 Å². The van der Waals surface area contributed by atoms with Crippen LogP contribution in [0.3, 0.4) is 0 Å². The molecule has 1 saturated heterocycles. The molecular formula is C11H15NO4. The molecule has 1 fully saturated rings. The number of hydrogen-bond donors (Lipinski definition) is 2. The van der Waals surface area contributed by atoms with E-state index in [-0.39, 0.29) is 5.91 Å². The zero-order chi connectivity index (χ0) is 11.6. The minimum absolute atomic E-state index is 0.247. The van der Waals surface area contributed by atoms with Gasteiger partial charge in [-0.1, -0.05) is 0 Å². The first kappa shape index (κ1) is 11.2. The van der Waals surface area contributed by atoms with E-state index in [2.05, 4.69) is 5.32 Å². The van der Waals surface area contributed by atoms with Crippen molar-refractivity contribution in [1.29, 1.82) is 0 Å². The van der Waals surface area contributed by atoms with Crippen LogP contribution in [0.5, 0.6) is 0 Å². The highest BCUT2D eigenvalue weighted by Crippen LogP contribution is 2.34. The van der Waals surface area contributed by atoms with Gasteiger partial charge in [0.1, 0.15) is 11.4 Å². The molecule has 0 aromatic carbocycles. The summed E-state index contributed by atoms with van der Waals surface area (Å²) in [6.07, 6.45) is 2.32. The molecule has 1 aromatic heterocycles. The van der Waals surface area contributed by atoms with Crippen LogP contribution in [0.4, 0.5) is 0 Å². The molecule has 0 unspecified atom stereocenters. The molecule has 0 atom stereocenters. The van der Waals surface area contributed by atoms with Gasteiger partial charge in [-0.2, -0.15) is 0 Å². The van der Waals surface area contributed by atoms with Crippen molar-refractivity contribution < 1.29 is 19.1 Å². The number of carbonyl (C=O) groups is 1. The lowest BCUT2D eigenvalue weighted by molar-refractivity contribution is -0.0804. The molecule has 2 rings (SSSR count). The Hall–Kier alpha value is -1.33. The van der Waals surface area contributed by atoms with E-state index in [1.54, 1.807) is 13.1 Å². The van der Waals surface area contributed by atoms with Gasteiger partial charge in [0.05, 0.1) is 11.8 Å². The van der Waals surface area contributed by atoms with Gasteiger partial charge in [0.25, 0.3) is 5.91 Å². The van der Waals surface area contributed by atoms with Crippen molar-refractivity contribution in [1.82, 2.24) is 5.32 Å². The third-order valence-corrected chi connectivity index (χ3v) is 2.88. The molecule has 1 aromatic rings. The molecular weight excluding hydrogens is 210 g/mol. The SMILES string of the molecule is CNC(=O)c1ccoc1C1(O)CCOCC1. The molecule has 5 nitrogen and oxygen atoms in total. The van der Waals surface area contributed by atoms with Crippen molar-refractivity contribution in [2.75, 3.05) is 20.3 Å². The maximum Gasteiger partial charge on any atom is 0.254 e. The van der Waals surface area contributed by atoms with Crippen molar-refractivity contribution in [3.8, 4) is 0 Å². The van der Waals surface area contributed by atoms with Crippen molar-refractivity contribution in [3.05, 3.63) is 23.7 Å². The fraction of sp³-hybridized carbons (Fsp3) is 0.545. The Bertz CT molecular complexity index is 379. The van der Waals surface area contributed by atoms with E-state index < -0.39 is 5.60 Å². The molecule has 0 spiro atoms. The van der Waals surface area contributed by atoms with Gasteiger partial charge in [-0.05, 0) is 6.07 Å². The highest BCUT2D eigenvalue weighted by atomic mass is 16.5. The zero-order valence-corrected chi connectivity index (χ0v) is 9.16. The van der Waals surface area contributed by atoms with Crippen LogP contribution in [0.25, 0.3) is 0 Å². The second-order valence-electron chi connectivity index (χ2n) is 3.89. The van der Waals surface area contributed by atoms with E-state index in [4.69, 9.17) is 9.15 Å². The predicted molar refractivity (Wildman–Crippen MR) is 56.0 cm³/mol. The first-order chi connectivity index (χ1) is 7.67. The third kappa shape index (κ3) is 1.83. The second-order valence-corrected chi connectivity index (χ2v) is 3.89. The van der Waals surface area contributed by atoms with Crippen LogP contribution in [0.15, 0.2) is 16.7 Å². The molecule has 0 saturated carbocycles. The summed E-state index contributed by atoms with van der Waals surface area (Å²) in [5.41, 5.74) is -0.684. The number of ether oxygens (including phenoxy) is 1. The van der Waals surface area contributed by atoms with Crippen LogP contribution < -0.4 is 5.32 Å². The summed E-state index contributed by atoms with van der Waals surface area (Å²) in [6.45, 7) is 0.953. The first-order valence-corrected chi connectivity index (χ1v) is 5.27. The Morgan fingerprint density at radius 3 is 2.81 bits per heavy atom. The van der Waals surface area contributed by atoms with Gasteiger partial charge in [0.15, 0.2) is 0 Å². The van der Waals surface area contributed by atoms with Gasteiger partial charge in [-0.3, -0.25) is 4.79 Å². The smallest absolute Gasteiger partial charge is 0.254 e. The molecule has 0 bridgehead atoms. The van der Waals surface area contributed by atoms with Crippen LogP contribution in [-0.4, -0.2) is 31.3 Å². The number of furan rings is 1. The number of aliphatic hydroxyl groups is 1. The summed E-state index contributed by atoms with van der Waals surface area (Å²) in [7, 11) is 1.55. The van der Waals surface area contributed by atoms with Gasteiger partial charge in [-0.15, -0.1) is 0 Å². The second kappa shape index (κ2) is 4.27. The number of amides is 1. The normalized spacial score (nSPS) is 19.4. The van der Waals surface area contributed by atoms with Gasteiger partial charge in [-0.25, -0.2) is 0 Å². The molecule has 2 heterocycles. The molecule has 16 heavy (non-hydrogen) atoms. The summed E-state index contributed by atoms with van der Waals surface area (Å²) in [5.74, 6) is 0.0961. The highest BCUT2D eigenvalue weighted by Gasteiger charge is 2.38. The van der Waals surface area contributed by atoms with Crippen molar-refractivity contribution in [3.63, 3.8) is 0 Å². The van der Waals surface area contributed by atoms with Crippen molar-refractivity contribution in [2.24, 2.45) is 0 Å². The summed E-state index contributed by atoms with van der Waals surface area (Å²) >= 11 is 0. The average molecular weight is 225 g/mol. The number of nitrogens with one attached hydrogen (secondary N) is 1. The molecule has 0 radical (unpaired) electrons. The zero-order valence-electron chi connectivity index (χ0n) is 9.16. The summed E-state index contributed by atoms with van der Waals surface area (Å²) in [4.78, 5) is 11.6. The lowest BCUT2D eigenvalue weighted by Gasteiger charge is -2.30. The minimum Gasteiger partial charge on any atom is -0.465 e. The number of hydrogen-bond acceptors (Lipinski definition) is 4. The lowest BCUT2D eigenvalue weighted by atomic mass is 9.89. The van der Waals surface area contributed by atoms with E-state index in [9.17, 15) is 9.90 Å². The summed E-state index contributed by atoms with van der Waals surface area (Å²) < 4.78 is 10.5. The summed E-state index contributed by atoms with van der Waals surface area (Å²) in [5, 5.41) is 12.9. The first-order valence-electron chi connectivity index (χ1n) is 5.27. The van der Waals surface area contributed by atoms with Gasteiger partial charge >= 0.3 is 0 Å². The molecule has 5 heteroatoms. The van der Waals surface area contributed by atoms with Gasteiger partial charge in [0.2, 0.25) is 0 Å². The summed E-state index contributed by atoms with van der Waals surface area (Å²) in [6, 6.07) is 1.57. The molecule has 2 N–H and O–H groups in total. The van der Waals surface area contributed by atoms with E-state index in [0.717, 1.165) is 0 Å². The molecule has 1 aliphatic heterocycles. The maximum absolute atomic E-state index is 11.6. The van der Waals surface area contributed by atoms with Gasteiger partial charge in [0, 0.05) is 33.1 Å². The molecule has 1 aliphatic rings. The fourth-order valence-electron chi connectivity index (χ4n) is 1.92. The average Bonchev–Trinajstić information content (AvgIpc) is 2.78. The number of carbonyl (C=O) groups excluding carboxylic acids is 1. The monoisotopic (exact) mass is 225 g/mol. The van der Waals surface area contributed by atoms with E-state index >= 15 is 0 Å². The van der Waals surface area contributed by atoms with E-state index in [1.165, 1.54) is 6.26 Å². The number of rotatable bonds is 2. The Kier molecular flexibility index (Phi) is 2.98. The van der Waals surface area contributed by atoms with E-state index in [1.807, 2.05) is 0 Å². The molecule has 0 aliphatic carbocycles. The minimum atomic E-state index is -1.08. The molecule has 1 amide bonds. The van der Waals surface area contributed by atoms with Gasteiger partial charge < -0.3 is 19.6 Å². The van der Waals surface area contributed by atoms with Crippen LogP contribution in [0.1, 0.15) is 29.0 Å². The topological polar surface area (TPSA) is 71.7 Å². The quantitative estimate of drug-likeness (QED) is 0.774. The van der Waals surface area contributed by atoms with Crippen LogP contribution in [0.2, 0.25) is 0 Å². The van der Waals surface area contributed by atoms with Crippen LogP contribution in [-0.2, 0) is 10.3 Å². The standard InChI is InChI=1S/C11H15NO4/c1-12-10(13)8-2-5-16-9(8)11(14)3-6-15-7-4-11/h2,5,14H,3-4,6-7H2,1H3,(H,12,13). The van der Waals surface area contributed by atoms with Crippen molar-refractivity contribution >= 4 is 5.91 Å². The Morgan fingerprint density at radius 2 is 2.19 bits per heavy atom. The predicted octanol–water partition coefficient (Wildman–Crippen LogP) is 0.637. The largest absolute Gasteiger partial charge is 0.465 e. The Labute approximate surface area is 93.4 Å². The lowest BCUT2D eigenvalue weighted by Crippen LogP contribution is -2.35. The third-order valence-electron chi connectivity index (χ3n) is 2.88. The maximum atomic E-state index is 11.6. The van der Waals surface area contributed by atoms with E-state index in [0.29, 0.717) is 37.4 Å². The van der Waals surface area contributed by atoms with Crippen LogP contribution >= 0.6 is 0 Å². The van der Waals surface area contributed by atoms with Crippen molar-refractivity contribution in [2.45, 2.75) is 18.4 Å². The molecule has 88 valence electrons. The Morgan fingerprint density at radius 1 is 1.50 bits per heavy atom. The fourth-order valence-corrected chi connectivity index (χ4v) is 1.92.